The Labute approximate surface area is 101 Å². The summed E-state index contributed by atoms with van der Waals surface area (Å²) >= 11 is 5.90. The molecule has 2 N–H and O–H groups in total. The molecule has 1 aromatic rings. The third kappa shape index (κ3) is 3.14. The van der Waals surface area contributed by atoms with E-state index in [1.165, 1.54) is 0 Å². The normalized spacial score (nSPS) is 22.3. The van der Waals surface area contributed by atoms with Gasteiger partial charge in [0.25, 0.3) is 0 Å². The first-order valence-corrected chi connectivity index (χ1v) is 5.99. The molecule has 1 atom stereocenters. The van der Waals surface area contributed by atoms with Gasteiger partial charge in [-0.15, -0.1) is 0 Å². The number of hydrogen-bond acceptors (Lipinski definition) is 4. The van der Waals surface area contributed by atoms with Crippen molar-refractivity contribution in [1.29, 1.82) is 0 Å². The Morgan fingerprint density at radius 3 is 3.06 bits per heavy atom. The fourth-order valence-electron chi connectivity index (χ4n) is 2.09. The van der Waals surface area contributed by atoms with Crippen molar-refractivity contribution in [3.63, 3.8) is 0 Å². The highest BCUT2D eigenvalue weighted by Crippen LogP contribution is 2.12. The van der Waals surface area contributed by atoms with Gasteiger partial charge in [0.1, 0.15) is 11.0 Å². The standard InChI is InChI=1S/C11H17ClN4/c1-8-5-10(12)15-11(14-8)7-16-4-2-3-9(13)6-16/h5,9H,2-4,6-7,13H2,1H3/t9-/m1/s1. The van der Waals surface area contributed by atoms with Crippen LogP contribution in [0.4, 0.5) is 0 Å². The molecule has 0 bridgehead atoms. The van der Waals surface area contributed by atoms with Gasteiger partial charge in [-0.1, -0.05) is 11.6 Å². The average molecular weight is 241 g/mol. The quantitative estimate of drug-likeness (QED) is 0.794. The SMILES string of the molecule is Cc1cc(Cl)nc(CN2CCC[C@@H](N)C2)n1. The molecule has 5 heteroatoms. The second-order valence-corrected chi connectivity index (χ2v) is 4.77. The lowest BCUT2D eigenvalue weighted by molar-refractivity contribution is 0.197. The molecule has 1 aromatic heterocycles. The number of aromatic nitrogens is 2. The minimum Gasteiger partial charge on any atom is -0.327 e. The Balaban J connectivity index is 2.02. The van der Waals surface area contributed by atoms with Crippen molar-refractivity contribution in [3.05, 3.63) is 22.7 Å². The van der Waals surface area contributed by atoms with E-state index in [0.29, 0.717) is 5.15 Å². The minimum atomic E-state index is 0.286. The van der Waals surface area contributed by atoms with Crippen LogP contribution in [-0.4, -0.2) is 34.0 Å². The summed E-state index contributed by atoms with van der Waals surface area (Å²) in [4.78, 5) is 10.9. The van der Waals surface area contributed by atoms with E-state index in [1.807, 2.05) is 6.92 Å². The lowest BCUT2D eigenvalue weighted by atomic mass is 10.1. The van der Waals surface area contributed by atoms with E-state index < -0.39 is 0 Å². The number of rotatable bonds is 2. The van der Waals surface area contributed by atoms with Crippen LogP contribution in [0.5, 0.6) is 0 Å². The fraction of sp³-hybridized carbons (Fsp3) is 0.636. The van der Waals surface area contributed by atoms with E-state index >= 15 is 0 Å². The lowest BCUT2D eigenvalue weighted by Crippen LogP contribution is -2.42. The first-order chi connectivity index (χ1) is 7.63. The summed E-state index contributed by atoms with van der Waals surface area (Å²) in [5.41, 5.74) is 6.84. The van der Waals surface area contributed by atoms with E-state index in [0.717, 1.165) is 44.0 Å². The van der Waals surface area contributed by atoms with Gasteiger partial charge in [0.15, 0.2) is 0 Å². The van der Waals surface area contributed by atoms with E-state index in [-0.39, 0.29) is 6.04 Å². The van der Waals surface area contributed by atoms with Gasteiger partial charge in [-0.2, -0.15) is 0 Å². The molecule has 2 heterocycles. The third-order valence-corrected chi connectivity index (χ3v) is 2.97. The second-order valence-electron chi connectivity index (χ2n) is 4.39. The van der Waals surface area contributed by atoms with Crippen molar-refractivity contribution in [2.75, 3.05) is 13.1 Å². The predicted octanol–water partition coefficient (Wildman–Crippen LogP) is 1.36. The Hall–Kier alpha value is -0.710. The lowest BCUT2D eigenvalue weighted by Gasteiger charge is -2.29. The monoisotopic (exact) mass is 240 g/mol. The molecule has 0 saturated carbocycles. The van der Waals surface area contributed by atoms with Crippen molar-refractivity contribution in [3.8, 4) is 0 Å². The van der Waals surface area contributed by atoms with E-state index in [4.69, 9.17) is 17.3 Å². The maximum atomic E-state index is 5.93. The number of nitrogens with zero attached hydrogens (tertiary/aromatic N) is 3. The second kappa shape index (κ2) is 5.08. The predicted molar refractivity (Wildman–Crippen MR) is 64.3 cm³/mol. The smallest absolute Gasteiger partial charge is 0.144 e. The van der Waals surface area contributed by atoms with Crippen LogP contribution < -0.4 is 5.73 Å². The number of likely N-dealkylation sites (tertiary alicyclic amines) is 1. The topological polar surface area (TPSA) is 55.0 Å². The van der Waals surface area contributed by atoms with Gasteiger partial charge in [0.2, 0.25) is 0 Å². The molecule has 1 fully saturated rings. The van der Waals surface area contributed by atoms with Gasteiger partial charge in [-0.25, -0.2) is 9.97 Å². The van der Waals surface area contributed by atoms with E-state index in [2.05, 4.69) is 14.9 Å². The first-order valence-electron chi connectivity index (χ1n) is 5.61. The van der Waals surface area contributed by atoms with Crippen LogP contribution in [0.3, 0.4) is 0 Å². The van der Waals surface area contributed by atoms with Crippen LogP contribution in [0.15, 0.2) is 6.07 Å². The van der Waals surface area contributed by atoms with Crippen molar-refractivity contribution in [2.24, 2.45) is 5.73 Å². The molecule has 0 unspecified atom stereocenters. The van der Waals surface area contributed by atoms with Crippen LogP contribution in [0.25, 0.3) is 0 Å². The minimum absolute atomic E-state index is 0.286. The van der Waals surface area contributed by atoms with Gasteiger partial charge in [-0.3, -0.25) is 4.90 Å². The van der Waals surface area contributed by atoms with Crippen molar-refractivity contribution < 1.29 is 0 Å². The Kier molecular flexibility index (Phi) is 3.74. The van der Waals surface area contributed by atoms with Crippen LogP contribution >= 0.6 is 11.6 Å². The molecular formula is C11H17ClN4. The maximum absolute atomic E-state index is 5.93. The van der Waals surface area contributed by atoms with E-state index in [1.54, 1.807) is 6.07 Å². The molecule has 0 radical (unpaired) electrons. The Morgan fingerprint density at radius 2 is 2.38 bits per heavy atom. The molecule has 0 amide bonds. The molecule has 0 aromatic carbocycles. The van der Waals surface area contributed by atoms with Gasteiger partial charge >= 0.3 is 0 Å². The molecule has 88 valence electrons. The zero-order chi connectivity index (χ0) is 11.5. The summed E-state index contributed by atoms with van der Waals surface area (Å²) < 4.78 is 0. The summed E-state index contributed by atoms with van der Waals surface area (Å²) in [6.07, 6.45) is 2.27. The number of hydrogen-bond donors (Lipinski definition) is 1. The molecule has 16 heavy (non-hydrogen) atoms. The molecule has 0 aliphatic carbocycles. The van der Waals surface area contributed by atoms with Crippen molar-refractivity contribution in [1.82, 2.24) is 14.9 Å². The fourth-order valence-corrected chi connectivity index (χ4v) is 2.35. The number of nitrogens with two attached hydrogens (primary N) is 1. The zero-order valence-electron chi connectivity index (χ0n) is 9.49. The highest BCUT2D eigenvalue weighted by molar-refractivity contribution is 6.29. The van der Waals surface area contributed by atoms with E-state index in [9.17, 15) is 0 Å². The summed E-state index contributed by atoms with van der Waals surface area (Å²) in [7, 11) is 0. The number of piperidine rings is 1. The average Bonchev–Trinajstić information content (AvgIpc) is 2.15. The number of aryl methyl sites for hydroxylation is 1. The Bertz CT molecular complexity index is 349. The van der Waals surface area contributed by atoms with Gasteiger partial charge < -0.3 is 5.73 Å². The zero-order valence-corrected chi connectivity index (χ0v) is 10.2. The molecular weight excluding hydrogens is 224 g/mol. The molecule has 0 spiro atoms. The van der Waals surface area contributed by atoms with Crippen molar-refractivity contribution >= 4 is 11.6 Å². The highest BCUT2D eigenvalue weighted by atomic mass is 35.5. The van der Waals surface area contributed by atoms with Gasteiger partial charge in [0.05, 0.1) is 6.54 Å². The molecule has 4 nitrogen and oxygen atoms in total. The first kappa shape index (κ1) is 11.8. The third-order valence-electron chi connectivity index (χ3n) is 2.78. The van der Waals surface area contributed by atoms with Crippen molar-refractivity contribution in [2.45, 2.75) is 32.4 Å². The summed E-state index contributed by atoms with van der Waals surface area (Å²) in [6, 6.07) is 2.06. The van der Waals surface area contributed by atoms with Crippen LogP contribution in [-0.2, 0) is 6.54 Å². The summed E-state index contributed by atoms with van der Waals surface area (Å²) in [5, 5.41) is 0.517. The molecule has 2 rings (SSSR count). The highest BCUT2D eigenvalue weighted by Gasteiger charge is 2.17. The summed E-state index contributed by atoms with van der Waals surface area (Å²) in [6.45, 7) is 4.67. The molecule has 1 aliphatic rings. The van der Waals surface area contributed by atoms with Gasteiger partial charge in [0, 0.05) is 18.3 Å². The van der Waals surface area contributed by atoms with Crippen LogP contribution in [0.2, 0.25) is 5.15 Å². The maximum Gasteiger partial charge on any atom is 0.144 e. The largest absolute Gasteiger partial charge is 0.327 e. The van der Waals surface area contributed by atoms with Crippen LogP contribution in [0.1, 0.15) is 24.4 Å². The molecule has 1 aliphatic heterocycles. The molecule has 1 saturated heterocycles. The number of halogens is 1. The van der Waals surface area contributed by atoms with Gasteiger partial charge in [-0.05, 0) is 32.4 Å². The Morgan fingerprint density at radius 1 is 1.56 bits per heavy atom. The summed E-state index contributed by atoms with van der Waals surface area (Å²) in [5.74, 6) is 0.791. The van der Waals surface area contributed by atoms with Crippen LogP contribution in [0, 0.1) is 6.92 Å².